The van der Waals surface area contributed by atoms with Gasteiger partial charge in [-0.25, -0.2) is 9.50 Å². The highest BCUT2D eigenvalue weighted by atomic mass is 16.3. The first kappa shape index (κ1) is 16.4. The van der Waals surface area contributed by atoms with E-state index in [1.54, 1.807) is 12.4 Å². The standard InChI is InChI=1S/C16H16N6.CH2O2/c1-3-21-12(2)15(11-19-21)20-10-9-17-16(20)14-6-4-5-13-7-8-18-22(13)14;2-1-3/h4-11H,3H2,1-2H3;1H,(H,2,3). The van der Waals surface area contributed by atoms with Gasteiger partial charge in [-0.1, -0.05) is 6.07 Å². The number of nitrogens with zero attached hydrogens (tertiary/aromatic N) is 6. The second-order valence-corrected chi connectivity index (χ2v) is 5.24. The fourth-order valence-electron chi connectivity index (χ4n) is 2.80. The van der Waals surface area contributed by atoms with Gasteiger partial charge in [0.15, 0.2) is 5.82 Å². The summed E-state index contributed by atoms with van der Waals surface area (Å²) in [6.45, 7) is 4.76. The van der Waals surface area contributed by atoms with Gasteiger partial charge in [0.25, 0.3) is 6.47 Å². The summed E-state index contributed by atoms with van der Waals surface area (Å²) in [4.78, 5) is 12.9. The second-order valence-electron chi connectivity index (χ2n) is 5.24. The molecular weight excluding hydrogens is 320 g/mol. The largest absolute Gasteiger partial charge is 0.483 e. The van der Waals surface area contributed by atoms with Crippen LogP contribution in [0.4, 0.5) is 0 Å². The molecule has 8 nitrogen and oxygen atoms in total. The number of pyridine rings is 1. The normalized spacial score (nSPS) is 10.5. The molecule has 128 valence electrons. The van der Waals surface area contributed by atoms with Crippen LogP contribution >= 0.6 is 0 Å². The molecule has 4 aromatic heterocycles. The van der Waals surface area contributed by atoms with E-state index in [4.69, 9.17) is 9.90 Å². The molecule has 0 aliphatic rings. The fraction of sp³-hybridized carbons (Fsp3) is 0.176. The monoisotopic (exact) mass is 338 g/mol. The summed E-state index contributed by atoms with van der Waals surface area (Å²) in [6, 6.07) is 8.06. The number of hydrogen-bond acceptors (Lipinski definition) is 4. The highest BCUT2D eigenvalue weighted by Crippen LogP contribution is 2.23. The first-order valence-corrected chi connectivity index (χ1v) is 7.78. The SMILES string of the molecule is CCn1ncc(-n2ccnc2-c2cccc3ccnn23)c1C.O=CO. The molecule has 0 amide bonds. The number of aromatic nitrogens is 6. The van der Waals surface area contributed by atoms with E-state index in [1.165, 1.54) is 0 Å². The first-order valence-electron chi connectivity index (χ1n) is 7.78. The average molecular weight is 338 g/mol. The van der Waals surface area contributed by atoms with Gasteiger partial charge in [-0.05, 0) is 32.0 Å². The summed E-state index contributed by atoms with van der Waals surface area (Å²) < 4.78 is 5.94. The summed E-state index contributed by atoms with van der Waals surface area (Å²) >= 11 is 0. The Hall–Kier alpha value is -3.42. The van der Waals surface area contributed by atoms with Crippen LogP contribution in [0.3, 0.4) is 0 Å². The summed E-state index contributed by atoms with van der Waals surface area (Å²) in [7, 11) is 0. The molecule has 0 radical (unpaired) electrons. The van der Waals surface area contributed by atoms with Crippen LogP contribution in [0.15, 0.2) is 49.1 Å². The van der Waals surface area contributed by atoms with E-state index in [1.807, 2.05) is 45.9 Å². The molecule has 0 bridgehead atoms. The second kappa shape index (κ2) is 7.00. The highest BCUT2D eigenvalue weighted by Gasteiger charge is 2.15. The van der Waals surface area contributed by atoms with Crippen molar-refractivity contribution in [2.75, 3.05) is 0 Å². The Morgan fingerprint density at radius 1 is 1.20 bits per heavy atom. The number of hydrogen-bond donors (Lipinski definition) is 1. The van der Waals surface area contributed by atoms with Gasteiger partial charge in [-0.3, -0.25) is 14.0 Å². The van der Waals surface area contributed by atoms with Crippen LogP contribution in [0, 0.1) is 6.92 Å². The zero-order chi connectivity index (χ0) is 17.8. The van der Waals surface area contributed by atoms with Gasteiger partial charge in [0.05, 0.1) is 29.3 Å². The third-order valence-corrected chi connectivity index (χ3v) is 3.93. The van der Waals surface area contributed by atoms with Gasteiger partial charge >= 0.3 is 0 Å². The molecule has 0 spiro atoms. The Kier molecular flexibility index (Phi) is 4.60. The molecule has 4 heterocycles. The lowest BCUT2D eigenvalue weighted by molar-refractivity contribution is -0.122. The molecule has 25 heavy (non-hydrogen) atoms. The van der Waals surface area contributed by atoms with Crippen LogP contribution in [0.5, 0.6) is 0 Å². The lowest BCUT2D eigenvalue weighted by atomic mass is 10.3. The number of carbonyl (C=O) groups is 1. The maximum absolute atomic E-state index is 8.36. The minimum Gasteiger partial charge on any atom is -0.483 e. The number of imidazole rings is 1. The van der Waals surface area contributed by atoms with Crippen molar-refractivity contribution in [1.29, 1.82) is 0 Å². The van der Waals surface area contributed by atoms with Gasteiger partial charge in [-0.15, -0.1) is 0 Å². The average Bonchev–Trinajstić information content (AvgIpc) is 3.33. The van der Waals surface area contributed by atoms with Crippen LogP contribution < -0.4 is 0 Å². The van der Waals surface area contributed by atoms with Gasteiger partial charge in [0.2, 0.25) is 0 Å². The molecule has 0 aliphatic heterocycles. The Balaban J connectivity index is 0.000000569. The van der Waals surface area contributed by atoms with Crippen molar-refractivity contribution in [2.45, 2.75) is 20.4 Å². The minimum absolute atomic E-state index is 0.250. The summed E-state index contributed by atoms with van der Waals surface area (Å²) in [5, 5.41) is 15.7. The molecule has 0 atom stereocenters. The molecule has 8 heteroatoms. The van der Waals surface area contributed by atoms with E-state index in [9.17, 15) is 0 Å². The summed E-state index contributed by atoms with van der Waals surface area (Å²) in [5.74, 6) is 0.855. The number of fused-ring (bicyclic) bond motifs is 1. The Labute approximate surface area is 144 Å². The van der Waals surface area contributed by atoms with E-state index in [-0.39, 0.29) is 6.47 Å². The maximum Gasteiger partial charge on any atom is 0.290 e. The Morgan fingerprint density at radius 3 is 2.72 bits per heavy atom. The third-order valence-electron chi connectivity index (χ3n) is 3.93. The van der Waals surface area contributed by atoms with Crippen molar-refractivity contribution in [3.63, 3.8) is 0 Å². The summed E-state index contributed by atoms with van der Waals surface area (Å²) in [6.07, 6.45) is 7.45. The number of carboxylic acid groups (broad SMARTS) is 1. The number of aryl methyl sites for hydroxylation is 1. The van der Waals surface area contributed by atoms with Gasteiger partial charge in [0.1, 0.15) is 5.69 Å². The molecule has 0 aromatic carbocycles. The van der Waals surface area contributed by atoms with Crippen molar-refractivity contribution in [1.82, 2.24) is 28.9 Å². The molecule has 0 saturated carbocycles. The van der Waals surface area contributed by atoms with Crippen LogP contribution in [-0.2, 0) is 11.3 Å². The third kappa shape index (κ3) is 2.89. The van der Waals surface area contributed by atoms with E-state index in [2.05, 4.69) is 33.6 Å². The predicted octanol–water partition coefficient (Wildman–Crippen LogP) is 2.41. The predicted molar refractivity (Wildman–Crippen MR) is 92.6 cm³/mol. The molecule has 0 aliphatic carbocycles. The van der Waals surface area contributed by atoms with E-state index >= 15 is 0 Å². The van der Waals surface area contributed by atoms with Crippen LogP contribution in [0.2, 0.25) is 0 Å². The van der Waals surface area contributed by atoms with Crippen molar-refractivity contribution >= 4 is 12.0 Å². The molecule has 1 N–H and O–H groups in total. The van der Waals surface area contributed by atoms with Gasteiger partial charge < -0.3 is 5.11 Å². The molecule has 4 aromatic rings. The quantitative estimate of drug-likeness (QED) is 0.579. The molecule has 0 unspecified atom stereocenters. The topological polar surface area (TPSA) is 90.2 Å². The van der Waals surface area contributed by atoms with Crippen LogP contribution in [-0.4, -0.2) is 40.5 Å². The minimum atomic E-state index is -0.250. The Morgan fingerprint density at radius 2 is 2.00 bits per heavy atom. The highest BCUT2D eigenvalue weighted by molar-refractivity contribution is 5.61. The van der Waals surface area contributed by atoms with Crippen molar-refractivity contribution in [3.8, 4) is 17.2 Å². The van der Waals surface area contributed by atoms with Crippen LogP contribution in [0.25, 0.3) is 22.7 Å². The number of rotatable bonds is 3. The van der Waals surface area contributed by atoms with Crippen LogP contribution in [0.1, 0.15) is 12.6 Å². The first-order chi connectivity index (χ1) is 12.2. The maximum atomic E-state index is 8.36. The zero-order valence-corrected chi connectivity index (χ0v) is 13.9. The van der Waals surface area contributed by atoms with Crippen molar-refractivity contribution < 1.29 is 9.90 Å². The zero-order valence-electron chi connectivity index (χ0n) is 13.9. The molecule has 0 saturated heterocycles. The summed E-state index contributed by atoms with van der Waals surface area (Å²) in [5.41, 5.74) is 4.16. The van der Waals surface area contributed by atoms with E-state index < -0.39 is 0 Å². The van der Waals surface area contributed by atoms with Crippen molar-refractivity contribution in [3.05, 3.63) is 54.7 Å². The fourth-order valence-corrected chi connectivity index (χ4v) is 2.80. The van der Waals surface area contributed by atoms with E-state index in [0.29, 0.717) is 0 Å². The lowest BCUT2D eigenvalue weighted by Crippen LogP contribution is -2.03. The molecular formula is C17H18N6O2. The Bertz CT molecular complexity index is 998. The smallest absolute Gasteiger partial charge is 0.290 e. The van der Waals surface area contributed by atoms with Gasteiger partial charge in [-0.2, -0.15) is 10.2 Å². The molecule has 0 fully saturated rings. The van der Waals surface area contributed by atoms with Crippen molar-refractivity contribution in [2.24, 2.45) is 0 Å². The van der Waals surface area contributed by atoms with Gasteiger partial charge in [0, 0.05) is 18.9 Å². The van der Waals surface area contributed by atoms with E-state index in [0.717, 1.165) is 35.0 Å². The lowest BCUT2D eigenvalue weighted by Gasteiger charge is -2.09. The molecule has 4 rings (SSSR count).